The molecule has 0 bridgehead atoms. The van der Waals surface area contributed by atoms with E-state index in [1.165, 1.54) is 3.97 Å². The Morgan fingerprint density at radius 3 is 2.52 bits per heavy atom. The number of rotatable bonds is 4. The van der Waals surface area contributed by atoms with Crippen molar-refractivity contribution in [3.8, 4) is 5.75 Å². The number of ether oxygens (including phenoxy) is 1. The summed E-state index contributed by atoms with van der Waals surface area (Å²) in [5.41, 5.74) is 0.691. The minimum absolute atomic E-state index is 0.252. The average molecular weight is 330 g/mol. The lowest BCUT2D eigenvalue weighted by molar-refractivity contribution is 0.415. The summed E-state index contributed by atoms with van der Waals surface area (Å²) < 4.78 is 32.2. The fraction of sp³-hybridized carbons (Fsp3) is 0.235. The summed E-state index contributed by atoms with van der Waals surface area (Å²) in [5, 5.41) is 1.78. The molecule has 0 fully saturated rings. The number of nitrogens with zero attached hydrogens (tertiary/aromatic N) is 2. The zero-order valence-corrected chi connectivity index (χ0v) is 14.1. The molecule has 0 unspecified atom stereocenters. The lowest BCUT2D eigenvalue weighted by atomic mass is 10.1. The van der Waals surface area contributed by atoms with E-state index in [1.54, 1.807) is 38.4 Å². The summed E-state index contributed by atoms with van der Waals surface area (Å²) >= 11 is 0. The van der Waals surface area contributed by atoms with Gasteiger partial charge >= 0.3 is 0 Å². The SMILES string of the molecule is CCc1nc(C)cn1S(=O)(=O)c1ccc2cc(OC)ccc2c1. The molecule has 0 amide bonds. The molecule has 23 heavy (non-hydrogen) atoms. The lowest BCUT2D eigenvalue weighted by Gasteiger charge is -2.09. The first-order valence-corrected chi connectivity index (χ1v) is 8.78. The zero-order valence-electron chi connectivity index (χ0n) is 13.3. The predicted molar refractivity (Wildman–Crippen MR) is 89.4 cm³/mol. The molecular formula is C17H18N2O3S. The smallest absolute Gasteiger partial charge is 0.269 e. The van der Waals surface area contributed by atoms with Gasteiger partial charge in [0.2, 0.25) is 0 Å². The molecule has 0 aliphatic carbocycles. The second kappa shape index (κ2) is 5.70. The molecule has 5 nitrogen and oxygen atoms in total. The number of methoxy groups -OCH3 is 1. The van der Waals surface area contributed by atoms with Crippen molar-refractivity contribution >= 4 is 20.8 Å². The third-order valence-electron chi connectivity index (χ3n) is 3.76. The maximum absolute atomic E-state index is 12.9. The van der Waals surface area contributed by atoms with Gasteiger partial charge in [-0.15, -0.1) is 0 Å². The molecule has 0 radical (unpaired) electrons. The van der Waals surface area contributed by atoms with E-state index in [0.717, 1.165) is 16.5 Å². The molecule has 1 heterocycles. The van der Waals surface area contributed by atoms with Gasteiger partial charge in [0.25, 0.3) is 10.0 Å². The van der Waals surface area contributed by atoms with E-state index in [9.17, 15) is 8.42 Å². The molecule has 0 N–H and O–H groups in total. The highest BCUT2D eigenvalue weighted by Crippen LogP contribution is 2.25. The third-order valence-corrected chi connectivity index (χ3v) is 5.44. The second-order valence-corrected chi connectivity index (χ2v) is 7.14. The highest BCUT2D eigenvalue weighted by atomic mass is 32.2. The zero-order chi connectivity index (χ0) is 16.6. The van der Waals surface area contributed by atoms with E-state index < -0.39 is 10.0 Å². The number of hydrogen-bond acceptors (Lipinski definition) is 4. The van der Waals surface area contributed by atoms with E-state index in [-0.39, 0.29) is 4.90 Å². The van der Waals surface area contributed by atoms with Gasteiger partial charge in [-0.2, -0.15) is 0 Å². The van der Waals surface area contributed by atoms with Gasteiger partial charge in [0.05, 0.1) is 17.7 Å². The summed E-state index contributed by atoms with van der Waals surface area (Å²) in [6.07, 6.45) is 2.12. The molecule has 2 aromatic carbocycles. The number of benzene rings is 2. The van der Waals surface area contributed by atoms with Crippen LogP contribution in [-0.2, 0) is 16.4 Å². The highest BCUT2D eigenvalue weighted by Gasteiger charge is 2.21. The van der Waals surface area contributed by atoms with Crippen LogP contribution in [0.4, 0.5) is 0 Å². The van der Waals surface area contributed by atoms with Crippen LogP contribution in [0.15, 0.2) is 47.5 Å². The van der Waals surface area contributed by atoms with Crippen LogP contribution in [0.2, 0.25) is 0 Å². The molecule has 0 aliphatic rings. The predicted octanol–water partition coefficient (Wildman–Crippen LogP) is 3.15. The molecule has 0 atom stereocenters. The summed E-state index contributed by atoms with van der Waals surface area (Å²) in [7, 11) is -2.04. The van der Waals surface area contributed by atoms with Crippen molar-refractivity contribution in [3.05, 3.63) is 54.1 Å². The lowest BCUT2D eigenvalue weighted by Crippen LogP contribution is -2.15. The van der Waals surface area contributed by atoms with Crippen LogP contribution in [0, 0.1) is 6.92 Å². The Balaban J connectivity index is 2.14. The summed E-state index contributed by atoms with van der Waals surface area (Å²) in [5.74, 6) is 1.28. The van der Waals surface area contributed by atoms with Crippen LogP contribution in [0.3, 0.4) is 0 Å². The molecule has 120 valence electrons. The van der Waals surface area contributed by atoms with E-state index >= 15 is 0 Å². The summed E-state index contributed by atoms with van der Waals surface area (Å²) in [4.78, 5) is 4.53. The number of imidazole rings is 1. The number of aryl methyl sites for hydroxylation is 2. The maximum Gasteiger partial charge on any atom is 0.269 e. The van der Waals surface area contributed by atoms with Gasteiger partial charge in [0.1, 0.15) is 11.6 Å². The topological polar surface area (TPSA) is 61.2 Å². The van der Waals surface area contributed by atoms with Gasteiger partial charge in [-0.1, -0.05) is 19.1 Å². The Kier molecular flexibility index (Phi) is 3.85. The molecule has 0 saturated carbocycles. The van der Waals surface area contributed by atoms with Gasteiger partial charge in [0.15, 0.2) is 0 Å². The molecular weight excluding hydrogens is 312 g/mol. The minimum atomic E-state index is -3.65. The number of aromatic nitrogens is 2. The second-order valence-electron chi connectivity index (χ2n) is 5.33. The van der Waals surface area contributed by atoms with Crippen molar-refractivity contribution in [2.24, 2.45) is 0 Å². The standard InChI is InChI=1S/C17H18N2O3S/c1-4-17-18-12(2)11-19(17)23(20,21)16-8-6-13-9-15(22-3)7-5-14(13)10-16/h5-11H,4H2,1-3H3. The van der Waals surface area contributed by atoms with Crippen molar-refractivity contribution in [3.63, 3.8) is 0 Å². The van der Waals surface area contributed by atoms with Crippen molar-refractivity contribution in [1.29, 1.82) is 0 Å². The Morgan fingerprint density at radius 2 is 1.83 bits per heavy atom. The van der Waals surface area contributed by atoms with Gasteiger partial charge in [0, 0.05) is 12.6 Å². The quantitative estimate of drug-likeness (QED) is 0.737. The molecule has 3 aromatic rings. The summed E-state index contributed by atoms with van der Waals surface area (Å²) in [6, 6.07) is 10.6. The van der Waals surface area contributed by atoms with Crippen LogP contribution in [0.5, 0.6) is 5.75 Å². The normalized spacial score (nSPS) is 11.8. The number of fused-ring (bicyclic) bond motifs is 1. The van der Waals surface area contributed by atoms with Gasteiger partial charge in [-0.05, 0) is 42.0 Å². The van der Waals surface area contributed by atoms with E-state index in [1.807, 2.05) is 25.1 Å². The first-order valence-electron chi connectivity index (χ1n) is 7.34. The van der Waals surface area contributed by atoms with Crippen LogP contribution in [0.25, 0.3) is 10.8 Å². The average Bonchev–Trinajstić information content (AvgIpc) is 2.95. The highest BCUT2D eigenvalue weighted by molar-refractivity contribution is 7.90. The van der Waals surface area contributed by atoms with Crippen LogP contribution in [-0.4, -0.2) is 24.5 Å². The third kappa shape index (κ3) is 2.70. The van der Waals surface area contributed by atoms with E-state index in [0.29, 0.717) is 17.9 Å². The van der Waals surface area contributed by atoms with E-state index in [2.05, 4.69) is 4.98 Å². The first kappa shape index (κ1) is 15.6. The van der Waals surface area contributed by atoms with Gasteiger partial charge in [-0.25, -0.2) is 17.4 Å². The monoisotopic (exact) mass is 330 g/mol. The van der Waals surface area contributed by atoms with Crippen molar-refractivity contribution in [2.75, 3.05) is 7.11 Å². The minimum Gasteiger partial charge on any atom is -0.497 e. The number of hydrogen-bond donors (Lipinski definition) is 0. The van der Waals surface area contributed by atoms with Gasteiger partial charge in [-0.3, -0.25) is 0 Å². The molecule has 0 saturated heterocycles. The van der Waals surface area contributed by atoms with Crippen molar-refractivity contribution in [2.45, 2.75) is 25.2 Å². The van der Waals surface area contributed by atoms with Crippen molar-refractivity contribution in [1.82, 2.24) is 8.96 Å². The van der Waals surface area contributed by atoms with Gasteiger partial charge < -0.3 is 4.74 Å². The maximum atomic E-state index is 12.9. The van der Waals surface area contributed by atoms with Crippen LogP contribution >= 0.6 is 0 Å². The molecule has 3 rings (SSSR count). The van der Waals surface area contributed by atoms with Crippen molar-refractivity contribution < 1.29 is 13.2 Å². The Bertz CT molecular complexity index is 975. The largest absolute Gasteiger partial charge is 0.497 e. The molecule has 6 heteroatoms. The Morgan fingerprint density at radius 1 is 1.13 bits per heavy atom. The summed E-state index contributed by atoms with van der Waals surface area (Å²) in [6.45, 7) is 3.68. The Hall–Kier alpha value is -2.34. The fourth-order valence-corrected chi connectivity index (χ4v) is 4.05. The van der Waals surface area contributed by atoms with E-state index in [4.69, 9.17) is 4.74 Å². The molecule has 1 aromatic heterocycles. The molecule has 0 aliphatic heterocycles. The van der Waals surface area contributed by atoms with Crippen LogP contribution < -0.4 is 4.74 Å². The fourth-order valence-electron chi connectivity index (χ4n) is 2.57. The molecule has 0 spiro atoms. The first-order chi connectivity index (χ1) is 11.0. The Labute approximate surface area is 135 Å². The van der Waals surface area contributed by atoms with Crippen LogP contribution in [0.1, 0.15) is 18.4 Å².